The first kappa shape index (κ1) is 19.2. The molecule has 0 aliphatic carbocycles. The van der Waals surface area contributed by atoms with Crippen LogP contribution in [0.5, 0.6) is 0 Å². The van der Waals surface area contributed by atoms with Crippen LogP contribution < -0.4 is 5.32 Å². The van der Waals surface area contributed by atoms with Gasteiger partial charge < -0.3 is 19.5 Å². The summed E-state index contributed by atoms with van der Waals surface area (Å²) in [6.45, 7) is 11.8. The van der Waals surface area contributed by atoms with Crippen molar-refractivity contribution in [2.24, 2.45) is 0 Å². The van der Waals surface area contributed by atoms with Gasteiger partial charge in [-0.1, -0.05) is 5.16 Å². The smallest absolute Gasteiger partial charge is 0.410 e. The molecule has 0 bridgehead atoms. The van der Waals surface area contributed by atoms with Crippen LogP contribution in [0.3, 0.4) is 0 Å². The number of aryl methyl sites for hydroxylation is 1. The molecule has 0 atom stereocenters. The van der Waals surface area contributed by atoms with Crippen LogP contribution in [0, 0.1) is 6.92 Å². The van der Waals surface area contributed by atoms with Crippen molar-refractivity contribution in [2.45, 2.75) is 39.7 Å². The molecule has 1 N–H and O–H groups in total. The number of hydrogen-bond acceptors (Lipinski definition) is 6. The Bertz CT molecular complexity index is 586. The van der Waals surface area contributed by atoms with Crippen molar-refractivity contribution in [1.29, 1.82) is 0 Å². The van der Waals surface area contributed by atoms with Crippen LogP contribution in [0.4, 0.5) is 4.79 Å². The lowest BCUT2D eigenvalue weighted by Crippen LogP contribution is -2.50. The summed E-state index contributed by atoms with van der Waals surface area (Å²) >= 11 is 0. The Morgan fingerprint density at radius 2 is 1.96 bits per heavy atom. The highest BCUT2D eigenvalue weighted by atomic mass is 16.6. The summed E-state index contributed by atoms with van der Waals surface area (Å²) in [6.07, 6.45) is 0.590. The Balaban J connectivity index is 1.61. The van der Waals surface area contributed by atoms with Gasteiger partial charge in [0, 0.05) is 38.8 Å². The zero-order valence-corrected chi connectivity index (χ0v) is 15.5. The summed E-state index contributed by atoms with van der Waals surface area (Å²) < 4.78 is 10.3. The molecule has 0 spiro atoms. The van der Waals surface area contributed by atoms with Gasteiger partial charge in [0.2, 0.25) is 5.76 Å². The van der Waals surface area contributed by atoms with Gasteiger partial charge in [-0.2, -0.15) is 0 Å². The van der Waals surface area contributed by atoms with Crippen molar-refractivity contribution in [3.05, 3.63) is 17.5 Å². The van der Waals surface area contributed by atoms with Gasteiger partial charge in [0.1, 0.15) is 5.60 Å². The first-order chi connectivity index (χ1) is 11.7. The molecular formula is C17H28N4O4. The number of aromatic nitrogens is 1. The predicted octanol–water partition coefficient (Wildman–Crippen LogP) is 1.66. The largest absolute Gasteiger partial charge is 0.444 e. The molecular weight excluding hydrogens is 324 g/mol. The zero-order valence-electron chi connectivity index (χ0n) is 15.5. The molecule has 1 fully saturated rings. The van der Waals surface area contributed by atoms with E-state index in [9.17, 15) is 9.59 Å². The van der Waals surface area contributed by atoms with Crippen LogP contribution in [0.1, 0.15) is 43.4 Å². The highest BCUT2D eigenvalue weighted by molar-refractivity contribution is 5.91. The summed E-state index contributed by atoms with van der Waals surface area (Å²) in [4.78, 5) is 27.9. The third kappa shape index (κ3) is 6.38. The minimum atomic E-state index is -0.464. The fraction of sp³-hybridized carbons (Fsp3) is 0.706. The van der Waals surface area contributed by atoms with E-state index in [0.717, 1.165) is 26.1 Å². The van der Waals surface area contributed by atoms with E-state index in [-0.39, 0.29) is 17.8 Å². The van der Waals surface area contributed by atoms with Gasteiger partial charge >= 0.3 is 6.09 Å². The number of ether oxygens (including phenoxy) is 1. The van der Waals surface area contributed by atoms with Crippen molar-refractivity contribution in [3.8, 4) is 0 Å². The average molecular weight is 352 g/mol. The van der Waals surface area contributed by atoms with Gasteiger partial charge in [-0.25, -0.2) is 4.79 Å². The van der Waals surface area contributed by atoms with E-state index in [1.807, 2.05) is 20.8 Å². The van der Waals surface area contributed by atoms with Crippen molar-refractivity contribution in [1.82, 2.24) is 20.3 Å². The number of nitrogens with zero attached hydrogens (tertiary/aromatic N) is 3. The number of hydrogen-bond donors (Lipinski definition) is 1. The molecule has 8 nitrogen and oxygen atoms in total. The van der Waals surface area contributed by atoms with Crippen molar-refractivity contribution in [3.63, 3.8) is 0 Å². The third-order valence-electron chi connectivity index (χ3n) is 3.81. The minimum Gasteiger partial charge on any atom is -0.444 e. The second-order valence-electron chi connectivity index (χ2n) is 7.25. The van der Waals surface area contributed by atoms with Gasteiger partial charge in [-0.05, 0) is 40.7 Å². The van der Waals surface area contributed by atoms with E-state index in [0.29, 0.717) is 25.3 Å². The van der Waals surface area contributed by atoms with E-state index in [1.165, 1.54) is 0 Å². The number of carbonyl (C=O) groups is 2. The van der Waals surface area contributed by atoms with Crippen molar-refractivity contribution < 1.29 is 18.8 Å². The fourth-order valence-corrected chi connectivity index (χ4v) is 2.54. The molecule has 2 heterocycles. The first-order valence-corrected chi connectivity index (χ1v) is 8.66. The number of amides is 2. The van der Waals surface area contributed by atoms with Crippen LogP contribution in [0.2, 0.25) is 0 Å². The molecule has 1 aromatic rings. The highest BCUT2D eigenvalue weighted by Crippen LogP contribution is 2.12. The van der Waals surface area contributed by atoms with Crippen LogP contribution >= 0.6 is 0 Å². The fourth-order valence-electron chi connectivity index (χ4n) is 2.54. The topological polar surface area (TPSA) is 87.9 Å². The number of rotatable bonds is 5. The molecule has 1 saturated heterocycles. The summed E-state index contributed by atoms with van der Waals surface area (Å²) in [5.41, 5.74) is 0.224. The van der Waals surface area contributed by atoms with E-state index in [4.69, 9.17) is 9.26 Å². The Labute approximate surface area is 148 Å². The maximum Gasteiger partial charge on any atom is 0.410 e. The van der Waals surface area contributed by atoms with Gasteiger partial charge in [0.15, 0.2) is 0 Å². The molecule has 0 radical (unpaired) electrons. The van der Waals surface area contributed by atoms with Gasteiger partial charge in [0.25, 0.3) is 5.91 Å². The van der Waals surface area contributed by atoms with E-state index in [2.05, 4.69) is 15.4 Å². The second-order valence-corrected chi connectivity index (χ2v) is 7.25. The van der Waals surface area contributed by atoms with Gasteiger partial charge in [-0.3, -0.25) is 9.69 Å². The molecule has 8 heteroatoms. The van der Waals surface area contributed by atoms with Crippen molar-refractivity contribution >= 4 is 12.0 Å². The molecule has 25 heavy (non-hydrogen) atoms. The van der Waals surface area contributed by atoms with Gasteiger partial charge in [-0.15, -0.1) is 0 Å². The quantitative estimate of drug-likeness (QED) is 0.811. The molecule has 140 valence electrons. The molecule has 1 aliphatic rings. The predicted molar refractivity (Wildman–Crippen MR) is 92.4 cm³/mol. The average Bonchev–Trinajstić information content (AvgIpc) is 2.97. The van der Waals surface area contributed by atoms with E-state index < -0.39 is 5.60 Å². The van der Waals surface area contributed by atoms with Crippen LogP contribution in [0.25, 0.3) is 0 Å². The number of piperazine rings is 1. The summed E-state index contributed by atoms with van der Waals surface area (Å²) in [6, 6.07) is 1.62. The minimum absolute atomic E-state index is 0.239. The van der Waals surface area contributed by atoms with E-state index in [1.54, 1.807) is 17.9 Å². The standard InChI is InChI=1S/C17H28N4O4/c1-13-12-14(25-19-13)15(22)18-6-5-7-20-8-10-21(11-9-20)16(23)24-17(2,3)4/h12H,5-11H2,1-4H3,(H,18,22). The highest BCUT2D eigenvalue weighted by Gasteiger charge is 2.25. The summed E-state index contributed by atoms with van der Waals surface area (Å²) in [5.74, 6) is -0.00109. The summed E-state index contributed by atoms with van der Waals surface area (Å²) in [5, 5.41) is 6.52. The third-order valence-corrected chi connectivity index (χ3v) is 3.81. The lowest BCUT2D eigenvalue weighted by atomic mass is 10.2. The molecule has 2 amide bonds. The maximum atomic E-state index is 12.0. The molecule has 0 unspecified atom stereocenters. The van der Waals surface area contributed by atoms with Crippen LogP contribution in [-0.4, -0.2) is 71.8 Å². The molecule has 2 rings (SSSR count). The monoisotopic (exact) mass is 352 g/mol. The zero-order chi connectivity index (χ0) is 18.4. The molecule has 0 saturated carbocycles. The first-order valence-electron chi connectivity index (χ1n) is 8.66. The number of nitrogens with one attached hydrogen (secondary N) is 1. The second kappa shape index (κ2) is 8.33. The Morgan fingerprint density at radius 1 is 1.28 bits per heavy atom. The van der Waals surface area contributed by atoms with Crippen LogP contribution in [-0.2, 0) is 4.74 Å². The Hall–Kier alpha value is -2.09. The number of carbonyl (C=O) groups excluding carboxylic acids is 2. The molecule has 0 aromatic carbocycles. The molecule has 1 aromatic heterocycles. The van der Waals surface area contributed by atoms with E-state index >= 15 is 0 Å². The molecule has 1 aliphatic heterocycles. The Kier molecular flexibility index (Phi) is 6.41. The lowest BCUT2D eigenvalue weighted by Gasteiger charge is -2.35. The van der Waals surface area contributed by atoms with Crippen molar-refractivity contribution in [2.75, 3.05) is 39.3 Å². The SMILES string of the molecule is Cc1cc(C(=O)NCCCN2CCN(C(=O)OC(C)(C)C)CC2)on1. The lowest BCUT2D eigenvalue weighted by molar-refractivity contribution is 0.0144. The Morgan fingerprint density at radius 3 is 2.52 bits per heavy atom. The summed E-state index contributed by atoms with van der Waals surface area (Å²) in [7, 11) is 0. The van der Waals surface area contributed by atoms with Crippen LogP contribution in [0.15, 0.2) is 10.6 Å². The maximum absolute atomic E-state index is 12.0. The normalized spacial score (nSPS) is 15.9. The van der Waals surface area contributed by atoms with Gasteiger partial charge in [0.05, 0.1) is 5.69 Å².